The van der Waals surface area contributed by atoms with Crippen LogP contribution in [-0.4, -0.2) is 23.9 Å². The molecule has 0 saturated carbocycles. The zero-order valence-electron chi connectivity index (χ0n) is 9.42. The number of amides is 1. The van der Waals surface area contributed by atoms with Crippen LogP contribution in [-0.2, 0) is 4.79 Å². The number of carbonyl (C=O) groups excluding carboxylic acids is 1. The van der Waals surface area contributed by atoms with E-state index in [1.165, 1.54) is 0 Å². The lowest BCUT2D eigenvalue weighted by Gasteiger charge is -2.23. The predicted molar refractivity (Wildman–Crippen MR) is 56.6 cm³/mol. The number of hydrogen-bond donors (Lipinski definition) is 0. The Kier molecular flexibility index (Phi) is 6.82. The molecule has 0 aromatic heterocycles. The molecule has 0 radical (unpaired) electrons. The number of nitriles is 1. The average Bonchev–Trinajstić information content (AvgIpc) is 2.19. The Labute approximate surface area is 86.7 Å². The third kappa shape index (κ3) is 3.78. The molecular formula is C11H20N2O. The molecule has 0 saturated heterocycles. The van der Waals surface area contributed by atoms with E-state index < -0.39 is 0 Å². The summed E-state index contributed by atoms with van der Waals surface area (Å²) in [7, 11) is 0. The Morgan fingerprint density at radius 2 is 1.93 bits per heavy atom. The lowest BCUT2D eigenvalue weighted by molar-refractivity contribution is -0.135. The maximum absolute atomic E-state index is 11.9. The second kappa shape index (κ2) is 7.37. The first-order chi connectivity index (χ1) is 6.71. The van der Waals surface area contributed by atoms with Gasteiger partial charge in [0.05, 0.1) is 6.07 Å². The molecule has 0 aliphatic carbocycles. The van der Waals surface area contributed by atoms with Gasteiger partial charge in [-0.15, -0.1) is 0 Å². The number of rotatable bonds is 6. The van der Waals surface area contributed by atoms with E-state index in [0.717, 1.165) is 19.3 Å². The minimum Gasteiger partial charge on any atom is -0.329 e. The second-order valence-corrected chi connectivity index (χ2v) is 3.43. The van der Waals surface area contributed by atoms with Gasteiger partial charge in [0.15, 0.2) is 0 Å². The summed E-state index contributed by atoms with van der Waals surface area (Å²) >= 11 is 0. The molecule has 0 aliphatic rings. The normalized spacial score (nSPS) is 9.93. The van der Waals surface area contributed by atoms with Crippen LogP contribution < -0.4 is 0 Å². The Morgan fingerprint density at radius 1 is 1.36 bits per heavy atom. The standard InChI is InChI=1S/C11H20N2O/c1-4-8-13(9-7-12)11(14)10(5-2)6-3/h10H,4-6,8-9H2,1-3H3. The van der Waals surface area contributed by atoms with Gasteiger partial charge in [-0.05, 0) is 19.3 Å². The van der Waals surface area contributed by atoms with Crippen LogP contribution in [0.4, 0.5) is 0 Å². The van der Waals surface area contributed by atoms with E-state index in [1.807, 2.05) is 26.8 Å². The van der Waals surface area contributed by atoms with E-state index in [2.05, 4.69) is 0 Å². The molecule has 14 heavy (non-hydrogen) atoms. The van der Waals surface area contributed by atoms with Crippen molar-refractivity contribution in [3.8, 4) is 6.07 Å². The summed E-state index contributed by atoms with van der Waals surface area (Å²) in [6.45, 7) is 6.97. The van der Waals surface area contributed by atoms with Gasteiger partial charge >= 0.3 is 0 Å². The highest BCUT2D eigenvalue weighted by Crippen LogP contribution is 2.11. The van der Waals surface area contributed by atoms with Crippen LogP contribution in [0.2, 0.25) is 0 Å². The quantitative estimate of drug-likeness (QED) is 0.611. The molecular weight excluding hydrogens is 176 g/mol. The van der Waals surface area contributed by atoms with Crippen molar-refractivity contribution in [1.29, 1.82) is 5.26 Å². The molecule has 0 fully saturated rings. The summed E-state index contributed by atoms with van der Waals surface area (Å²) in [5.41, 5.74) is 0. The fraction of sp³-hybridized carbons (Fsp3) is 0.818. The zero-order chi connectivity index (χ0) is 11.0. The lowest BCUT2D eigenvalue weighted by Crippen LogP contribution is -2.36. The topological polar surface area (TPSA) is 44.1 Å². The first-order valence-electron chi connectivity index (χ1n) is 5.36. The van der Waals surface area contributed by atoms with Crippen LogP contribution in [0.1, 0.15) is 40.0 Å². The van der Waals surface area contributed by atoms with Crippen LogP contribution in [0.3, 0.4) is 0 Å². The summed E-state index contributed by atoms with van der Waals surface area (Å²) in [4.78, 5) is 13.5. The maximum atomic E-state index is 11.9. The van der Waals surface area contributed by atoms with E-state index in [1.54, 1.807) is 4.90 Å². The SMILES string of the molecule is CCCN(CC#N)C(=O)C(CC)CC. The van der Waals surface area contributed by atoms with Crippen molar-refractivity contribution < 1.29 is 4.79 Å². The Hall–Kier alpha value is -1.04. The molecule has 0 aliphatic heterocycles. The lowest BCUT2D eigenvalue weighted by atomic mass is 10.0. The van der Waals surface area contributed by atoms with Crippen LogP contribution in [0.5, 0.6) is 0 Å². The molecule has 3 heteroatoms. The monoisotopic (exact) mass is 196 g/mol. The first-order valence-corrected chi connectivity index (χ1v) is 5.36. The summed E-state index contributed by atoms with van der Waals surface area (Å²) in [5, 5.41) is 8.60. The third-order valence-electron chi connectivity index (χ3n) is 2.40. The Bertz CT molecular complexity index is 204. The number of carbonyl (C=O) groups is 1. The van der Waals surface area contributed by atoms with Gasteiger partial charge in [0, 0.05) is 12.5 Å². The maximum Gasteiger partial charge on any atom is 0.226 e. The van der Waals surface area contributed by atoms with Gasteiger partial charge in [0.25, 0.3) is 0 Å². The summed E-state index contributed by atoms with van der Waals surface area (Å²) in [6, 6.07) is 2.04. The first kappa shape index (κ1) is 13.0. The molecule has 0 aromatic rings. The molecule has 0 aromatic carbocycles. The molecule has 0 N–H and O–H groups in total. The Morgan fingerprint density at radius 3 is 2.29 bits per heavy atom. The molecule has 80 valence electrons. The van der Waals surface area contributed by atoms with Crippen LogP contribution >= 0.6 is 0 Å². The highest BCUT2D eigenvalue weighted by molar-refractivity contribution is 5.78. The van der Waals surface area contributed by atoms with Crippen molar-refractivity contribution in [1.82, 2.24) is 4.90 Å². The highest BCUT2D eigenvalue weighted by Gasteiger charge is 2.20. The predicted octanol–water partition coefficient (Wildman–Crippen LogP) is 2.18. The molecule has 0 bridgehead atoms. The van der Waals surface area contributed by atoms with Gasteiger partial charge in [-0.2, -0.15) is 5.26 Å². The second-order valence-electron chi connectivity index (χ2n) is 3.43. The van der Waals surface area contributed by atoms with Crippen LogP contribution in [0.15, 0.2) is 0 Å². The minimum atomic E-state index is 0.0925. The Balaban J connectivity index is 4.33. The molecule has 1 amide bonds. The van der Waals surface area contributed by atoms with Crippen molar-refractivity contribution in [3.63, 3.8) is 0 Å². The minimum absolute atomic E-state index is 0.0925. The fourth-order valence-electron chi connectivity index (χ4n) is 1.52. The molecule has 0 rings (SSSR count). The largest absolute Gasteiger partial charge is 0.329 e. The zero-order valence-corrected chi connectivity index (χ0v) is 9.42. The van der Waals surface area contributed by atoms with Crippen molar-refractivity contribution >= 4 is 5.91 Å². The third-order valence-corrected chi connectivity index (χ3v) is 2.40. The van der Waals surface area contributed by atoms with Gasteiger partial charge in [-0.1, -0.05) is 20.8 Å². The fourth-order valence-corrected chi connectivity index (χ4v) is 1.52. The van der Waals surface area contributed by atoms with E-state index in [-0.39, 0.29) is 18.4 Å². The summed E-state index contributed by atoms with van der Waals surface area (Å²) in [5.74, 6) is 0.230. The molecule has 0 heterocycles. The summed E-state index contributed by atoms with van der Waals surface area (Å²) < 4.78 is 0. The van der Waals surface area contributed by atoms with E-state index in [9.17, 15) is 4.79 Å². The van der Waals surface area contributed by atoms with Gasteiger partial charge in [-0.3, -0.25) is 4.79 Å². The van der Waals surface area contributed by atoms with Crippen molar-refractivity contribution in [2.45, 2.75) is 40.0 Å². The van der Waals surface area contributed by atoms with Gasteiger partial charge < -0.3 is 4.90 Å². The van der Waals surface area contributed by atoms with Gasteiger partial charge in [0.1, 0.15) is 6.54 Å². The van der Waals surface area contributed by atoms with Gasteiger partial charge in [0.2, 0.25) is 5.91 Å². The average molecular weight is 196 g/mol. The number of nitrogens with zero attached hydrogens (tertiary/aromatic N) is 2. The molecule has 0 atom stereocenters. The van der Waals surface area contributed by atoms with E-state index in [4.69, 9.17) is 5.26 Å². The molecule has 0 spiro atoms. The highest BCUT2D eigenvalue weighted by atomic mass is 16.2. The molecule has 3 nitrogen and oxygen atoms in total. The number of hydrogen-bond acceptors (Lipinski definition) is 2. The van der Waals surface area contributed by atoms with Crippen molar-refractivity contribution in [2.75, 3.05) is 13.1 Å². The smallest absolute Gasteiger partial charge is 0.226 e. The van der Waals surface area contributed by atoms with E-state index >= 15 is 0 Å². The van der Waals surface area contributed by atoms with Crippen molar-refractivity contribution in [2.24, 2.45) is 5.92 Å². The van der Waals surface area contributed by atoms with E-state index in [0.29, 0.717) is 6.54 Å². The van der Waals surface area contributed by atoms with Crippen molar-refractivity contribution in [3.05, 3.63) is 0 Å². The van der Waals surface area contributed by atoms with Gasteiger partial charge in [-0.25, -0.2) is 0 Å². The molecule has 0 unspecified atom stereocenters. The van der Waals surface area contributed by atoms with Crippen LogP contribution in [0.25, 0.3) is 0 Å². The summed E-state index contributed by atoms with van der Waals surface area (Å²) in [6.07, 6.45) is 2.63. The van der Waals surface area contributed by atoms with Crippen LogP contribution in [0, 0.1) is 17.2 Å².